The second-order valence-electron chi connectivity index (χ2n) is 8.75. The SMILES string of the molecule is N#Cc1cc(-c2ccnc(Cc3ccc(N4CCOCC4)cc3)n2)ccc1OC1CCN(C=O)C1. The largest absolute Gasteiger partial charge is 0.487 e. The van der Waals surface area contributed by atoms with Crippen molar-refractivity contribution in [1.82, 2.24) is 14.9 Å². The molecule has 0 bridgehead atoms. The number of carbonyl (C=O) groups excluding carboxylic acids is 1. The Hall–Kier alpha value is -3.96. The Morgan fingerprint density at radius 1 is 1.11 bits per heavy atom. The minimum Gasteiger partial charge on any atom is -0.487 e. The van der Waals surface area contributed by atoms with E-state index in [1.165, 1.54) is 5.69 Å². The number of rotatable bonds is 7. The minimum absolute atomic E-state index is 0.0987. The predicted octanol–water partition coefficient (Wildman–Crippen LogP) is 3.05. The van der Waals surface area contributed by atoms with E-state index in [-0.39, 0.29) is 6.10 Å². The molecule has 1 amide bonds. The summed E-state index contributed by atoms with van der Waals surface area (Å²) in [5.41, 5.74) is 4.39. The van der Waals surface area contributed by atoms with Gasteiger partial charge in [-0.05, 0) is 42.0 Å². The lowest BCUT2D eigenvalue weighted by Crippen LogP contribution is -2.36. The zero-order chi connectivity index (χ0) is 24.0. The lowest BCUT2D eigenvalue weighted by Gasteiger charge is -2.28. The standard InChI is InChI=1S/C27H27N5O3/c28-17-22-16-21(3-6-26(22)35-24-8-10-31(18-24)19-33)25-7-9-29-27(30-25)15-20-1-4-23(5-2-20)32-11-13-34-14-12-32/h1-7,9,16,19,24H,8,10-15,18H2. The van der Waals surface area contributed by atoms with Crippen LogP contribution in [0.1, 0.15) is 23.4 Å². The van der Waals surface area contributed by atoms with Crippen LogP contribution in [0.3, 0.4) is 0 Å². The third-order valence-electron chi connectivity index (χ3n) is 6.40. The van der Waals surface area contributed by atoms with Crippen molar-refractivity contribution in [2.45, 2.75) is 18.9 Å². The van der Waals surface area contributed by atoms with Gasteiger partial charge in [0, 0.05) is 49.9 Å². The monoisotopic (exact) mass is 469 g/mol. The summed E-state index contributed by atoms with van der Waals surface area (Å²) in [6.45, 7) is 4.57. The molecule has 3 heterocycles. The molecular weight excluding hydrogens is 442 g/mol. The summed E-state index contributed by atoms with van der Waals surface area (Å²) < 4.78 is 11.4. The molecule has 178 valence electrons. The fourth-order valence-corrected chi connectivity index (χ4v) is 4.48. The summed E-state index contributed by atoms with van der Waals surface area (Å²) in [7, 11) is 0. The zero-order valence-corrected chi connectivity index (χ0v) is 19.5. The zero-order valence-electron chi connectivity index (χ0n) is 19.5. The van der Waals surface area contributed by atoms with Crippen LogP contribution >= 0.6 is 0 Å². The molecule has 0 saturated carbocycles. The molecule has 0 aliphatic carbocycles. The van der Waals surface area contributed by atoms with E-state index >= 15 is 0 Å². The van der Waals surface area contributed by atoms with E-state index in [1.54, 1.807) is 17.2 Å². The molecule has 2 aliphatic rings. The van der Waals surface area contributed by atoms with E-state index in [1.807, 2.05) is 18.2 Å². The molecule has 1 atom stereocenters. The highest BCUT2D eigenvalue weighted by Crippen LogP contribution is 2.28. The molecule has 35 heavy (non-hydrogen) atoms. The molecule has 2 saturated heterocycles. The van der Waals surface area contributed by atoms with Gasteiger partial charge in [-0.15, -0.1) is 0 Å². The first-order valence-corrected chi connectivity index (χ1v) is 11.9. The Morgan fingerprint density at radius 3 is 2.69 bits per heavy atom. The van der Waals surface area contributed by atoms with Crippen molar-refractivity contribution < 1.29 is 14.3 Å². The molecule has 3 aromatic rings. The third kappa shape index (κ3) is 5.42. The summed E-state index contributed by atoms with van der Waals surface area (Å²) in [4.78, 5) is 24.2. The molecular formula is C27H27N5O3. The van der Waals surface area contributed by atoms with E-state index in [4.69, 9.17) is 14.5 Å². The number of hydrogen-bond acceptors (Lipinski definition) is 7. The van der Waals surface area contributed by atoms with Gasteiger partial charge in [0.1, 0.15) is 23.7 Å². The first-order valence-electron chi connectivity index (χ1n) is 11.9. The molecule has 0 spiro atoms. The van der Waals surface area contributed by atoms with E-state index in [2.05, 4.69) is 40.2 Å². The maximum Gasteiger partial charge on any atom is 0.209 e. The highest BCUT2D eigenvalue weighted by molar-refractivity contribution is 5.64. The van der Waals surface area contributed by atoms with Crippen molar-refractivity contribution in [2.24, 2.45) is 0 Å². The van der Waals surface area contributed by atoms with Gasteiger partial charge in [0.2, 0.25) is 6.41 Å². The van der Waals surface area contributed by atoms with E-state index < -0.39 is 0 Å². The van der Waals surface area contributed by atoms with Gasteiger partial charge in [0.25, 0.3) is 0 Å². The smallest absolute Gasteiger partial charge is 0.209 e. The van der Waals surface area contributed by atoms with Crippen LogP contribution in [-0.2, 0) is 16.0 Å². The van der Waals surface area contributed by atoms with Gasteiger partial charge >= 0.3 is 0 Å². The molecule has 8 nitrogen and oxygen atoms in total. The Morgan fingerprint density at radius 2 is 1.94 bits per heavy atom. The normalized spacial score (nSPS) is 17.7. The Labute approximate surface area is 204 Å². The molecule has 2 aliphatic heterocycles. The van der Waals surface area contributed by atoms with Crippen molar-refractivity contribution in [3.63, 3.8) is 0 Å². The van der Waals surface area contributed by atoms with Crippen molar-refractivity contribution in [3.05, 3.63) is 71.7 Å². The number of nitrogens with zero attached hydrogens (tertiary/aromatic N) is 5. The number of anilines is 1. The van der Waals surface area contributed by atoms with Crippen molar-refractivity contribution in [2.75, 3.05) is 44.3 Å². The molecule has 2 fully saturated rings. The topological polar surface area (TPSA) is 91.6 Å². The lowest BCUT2D eigenvalue weighted by molar-refractivity contribution is -0.117. The number of carbonyl (C=O) groups is 1. The number of nitriles is 1. The molecule has 0 radical (unpaired) electrons. The maximum absolute atomic E-state index is 11.0. The molecule has 8 heteroatoms. The fraction of sp³-hybridized carbons (Fsp3) is 0.333. The van der Waals surface area contributed by atoms with Gasteiger partial charge in [-0.2, -0.15) is 5.26 Å². The summed E-state index contributed by atoms with van der Waals surface area (Å²) in [6, 6.07) is 18.1. The van der Waals surface area contributed by atoms with Crippen LogP contribution in [0.4, 0.5) is 5.69 Å². The number of morpholine rings is 1. The van der Waals surface area contributed by atoms with E-state index in [0.717, 1.165) is 61.8 Å². The first-order chi connectivity index (χ1) is 17.2. The number of benzene rings is 2. The van der Waals surface area contributed by atoms with Crippen LogP contribution in [-0.4, -0.2) is 66.8 Å². The van der Waals surface area contributed by atoms with Crippen LogP contribution in [0.2, 0.25) is 0 Å². The number of likely N-dealkylation sites (tertiary alicyclic amines) is 1. The average Bonchev–Trinajstić information content (AvgIpc) is 3.38. The second kappa shape index (κ2) is 10.5. The summed E-state index contributed by atoms with van der Waals surface area (Å²) >= 11 is 0. The Balaban J connectivity index is 1.28. The number of hydrogen-bond donors (Lipinski definition) is 0. The third-order valence-corrected chi connectivity index (χ3v) is 6.40. The van der Waals surface area contributed by atoms with Crippen LogP contribution in [0.15, 0.2) is 54.7 Å². The fourth-order valence-electron chi connectivity index (χ4n) is 4.48. The number of aromatic nitrogens is 2. The predicted molar refractivity (Wildman–Crippen MR) is 131 cm³/mol. The lowest BCUT2D eigenvalue weighted by atomic mass is 10.1. The molecule has 0 N–H and O–H groups in total. The van der Waals surface area contributed by atoms with Crippen molar-refractivity contribution in [3.8, 4) is 23.1 Å². The quantitative estimate of drug-likeness (QED) is 0.491. The maximum atomic E-state index is 11.0. The Bertz CT molecular complexity index is 1220. The minimum atomic E-state index is -0.0987. The second-order valence-corrected chi connectivity index (χ2v) is 8.75. The Kier molecular flexibility index (Phi) is 6.87. The highest BCUT2D eigenvalue weighted by atomic mass is 16.5. The van der Waals surface area contributed by atoms with Gasteiger partial charge in [-0.3, -0.25) is 4.79 Å². The summed E-state index contributed by atoms with van der Waals surface area (Å²) in [5, 5.41) is 9.69. The molecule has 1 unspecified atom stereocenters. The summed E-state index contributed by atoms with van der Waals surface area (Å²) in [5.74, 6) is 1.25. The molecule has 1 aromatic heterocycles. The highest BCUT2D eigenvalue weighted by Gasteiger charge is 2.23. The van der Waals surface area contributed by atoms with Gasteiger partial charge in [0.05, 0.1) is 31.0 Å². The van der Waals surface area contributed by atoms with Crippen LogP contribution in [0, 0.1) is 11.3 Å². The van der Waals surface area contributed by atoms with Crippen LogP contribution in [0.25, 0.3) is 11.3 Å². The molecule has 2 aromatic carbocycles. The van der Waals surface area contributed by atoms with Crippen LogP contribution < -0.4 is 9.64 Å². The van der Waals surface area contributed by atoms with Gasteiger partial charge in [-0.1, -0.05) is 12.1 Å². The number of amides is 1. The van der Waals surface area contributed by atoms with Gasteiger partial charge in [0.15, 0.2) is 0 Å². The van der Waals surface area contributed by atoms with Gasteiger partial charge < -0.3 is 19.3 Å². The van der Waals surface area contributed by atoms with Gasteiger partial charge in [-0.25, -0.2) is 9.97 Å². The van der Waals surface area contributed by atoms with Crippen molar-refractivity contribution >= 4 is 12.1 Å². The molecule has 5 rings (SSSR count). The van der Waals surface area contributed by atoms with Crippen LogP contribution in [0.5, 0.6) is 5.75 Å². The average molecular weight is 470 g/mol. The number of ether oxygens (including phenoxy) is 2. The summed E-state index contributed by atoms with van der Waals surface area (Å²) in [6.07, 6.45) is 3.87. The first kappa shape index (κ1) is 22.8. The van der Waals surface area contributed by atoms with E-state index in [0.29, 0.717) is 30.8 Å². The van der Waals surface area contributed by atoms with Crippen molar-refractivity contribution in [1.29, 1.82) is 5.26 Å². The van der Waals surface area contributed by atoms with E-state index in [9.17, 15) is 10.1 Å².